The maximum Gasteiger partial charge on any atom is 0.410 e. The van der Waals surface area contributed by atoms with E-state index in [-0.39, 0.29) is 17.2 Å². The number of rotatable bonds is 0. The molecule has 2 aliphatic carbocycles. The van der Waals surface area contributed by atoms with Crippen LogP contribution in [-0.4, -0.2) is 29.2 Å². The van der Waals surface area contributed by atoms with Gasteiger partial charge in [0.05, 0.1) is 18.2 Å². The number of carbonyl (C=O) groups is 1. The van der Waals surface area contributed by atoms with Crippen LogP contribution >= 0.6 is 0 Å². The molecule has 0 bridgehead atoms. The van der Waals surface area contributed by atoms with Crippen LogP contribution in [0.15, 0.2) is 12.2 Å². The quantitative estimate of drug-likeness (QED) is 0.435. The minimum Gasteiger partial charge on any atom is -0.453 e. The maximum atomic E-state index is 11.6. The Morgan fingerprint density at radius 1 is 1.29 bits per heavy atom. The summed E-state index contributed by atoms with van der Waals surface area (Å²) in [6.07, 6.45) is 9.94. The molecule has 1 saturated carbocycles. The maximum absolute atomic E-state index is 11.6. The molecule has 0 unspecified atom stereocenters. The van der Waals surface area contributed by atoms with Gasteiger partial charge in [0, 0.05) is 0 Å². The molecule has 1 heterocycles. The molecule has 76 valence electrons. The first-order valence-electron chi connectivity index (χ1n) is 5.30. The van der Waals surface area contributed by atoms with E-state index in [2.05, 4.69) is 12.2 Å². The van der Waals surface area contributed by atoms with E-state index >= 15 is 0 Å². The zero-order chi connectivity index (χ0) is 9.81. The number of hydrogen-bond donors (Lipinski definition) is 0. The molecule has 0 spiro atoms. The number of likely N-dealkylation sites (tertiary alicyclic amines) is 1. The van der Waals surface area contributed by atoms with Gasteiger partial charge in [-0.2, -0.15) is 0 Å². The van der Waals surface area contributed by atoms with Crippen LogP contribution in [0.25, 0.3) is 0 Å². The van der Waals surface area contributed by atoms with Gasteiger partial charge in [0.15, 0.2) is 0 Å². The van der Waals surface area contributed by atoms with Gasteiger partial charge in [-0.3, -0.25) is 4.90 Å². The molecule has 2 fully saturated rings. The molecular weight excluding hydrogens is 178 g/mol. The number of methoxy groups -OCH3 is 1. The van der Waals surface area contributed by atoms with E-state index in [1.807, 2.05) is 4.90 Å². The van der Waals surface area contributed by atoms with Crippen LogP contribution in [0.5, 0.6) is 0 Å². The number of ether oxygens (including phenoxy) is 1. The van der Waals surface area contributed by atoms with Gasteiger partial charge in [-0.1, -0.05) is 12.2 Å². The fourth-order valence-corrected chi connectivity index (χ4v) is 3.69. The lowest BCUT2D eigenvalue weighted by Gasteiger charge is -2.13. The van der Waals surface area contributed by atoms with E-state index < -0.39 is 0 Å². The fourth-order valence-electron chi connectivity index (χ4n) is 3.69. The Morgan fingerprint density at radius 2 is 1.86 bits per heavy atom. The van der Waals surface area contributed by atoms with Crippen molar-refractivity contribution in [2.75, 3.05) is 7.11 Å². The van der Waals surface area contributed by atoms with Crippen molar-refractivity contribution in [3.8, 4) is 0 Å². The van der Waals surface area contributed by atoms with Crippen LogP contribution in [0.3, 0.4) is 0 Å². The van der Waals surface area contributed by atoms with Crippen molar-refractivity contribution in [1.29, 1.82) is 0 Å². The van der Waals surface area contributed by atoms with Crippen molar-refractivity contribution in [1.82, 2.24) is 4.90 Å². The van der Waals surface area contributed by atoms with Crippen molar-refractivity contribution < 1.29 is 9.53 Å². The lowest BCUT2D eigenvalue weighted by molar-refractivity contribution is 0.138. The van der Waals surface area contributed by atoms with Crippen LogP contribution in [0.4, 0.5) is 4.79 Å². The van der Waals surface area contributed by atoms with E-state index in [1.54, 1.807) is 0 Å². The van der Waals surface area contributed by atoms with Crippen molar-refractivity contribution in [3.63, 3.8) is 0 Å². The SMILES string of the molecule is COC(=O)N1[C@]23CC=CC[C@@]12CCC3. The molecule has 0 aromatic rings. The summed E-state index contributed by atoms with van der Waals surface area (Å²) in [5.74, 6) is 0. The molecule has 0 radical (unpaired) electrons. The summed E-state index contributed by atoms with van der Waals surface area (Å²) >= 11 is 0. The largest absolute Gasteiger partial charge is 0.453 e. The minimum atomic E-state index is -0.131. The van der Waals surface area contributed by atoms with E-state index in [1.165, 1.54) is 13.5 Å². The highest BCUT2D eigenvalue weighted by atomic mass is 16.5. The zero-order valence-electron chi connectivity index (χ0n) is 8.45. The smallest absolute Gasteiger partial charge is 0.410 e. The lowest BCUT2D eigenvalue weighted by Crippen LogP contribution is -2.23. The summed E-state index contributed by atoms with van der Waals surface area (Å²) in [5, 5.41) is 0. The molecule has 1 aliphatic heterocycles. The standard InChI is InChI=1S/C11H15NO2/c1-14-9(13)12-10-5-2-3-6-11(10,12)8-4-7-10/h2-3H,4-8H2,1H3/t10-,11-/m0/s1. The van der Waals surface area contributed by atoms with E-state index in [0.717, 1.165) is 25.7 Å². The van der Waals surface area contributed by atoms with Gasteiger partial charge >= 0.3 is 6.09 Å². The highest BCUT2D eigenvalue weighted by molar-refractivity contribution is 5.76. The second-order valence-electron chi connectivity index (χ2n) is 4.60. The lowest BCUT2D eigenvalue weighted by atomic mass is 9.86. The molecule has 0 aromatic carbocycles. The summed E-state index contributed by atoms with van der Waals surface area (Å²) in [7, 11) is 1.48. The number of hydrogen-bond acceptors (Lipinski definition) is 2. The fraction of sp³-hybridized carbons (Fsp3) is 0.727. The van der Waals surface area contributed by atoms with Crippen molar-refractivity contribution >= 4 is 6.09 Å². The Labute approximate surface area is 83.7 Å². The summed E-state index contributed by atoms with van der Waals surface area (Å²) in [4.78, 5) is 13.6. The highest BCUT2D eigenvalue weighted by Gasteiger charge is 2.78. The van der Waals surface area contributed by atoms with Gasteiger partial charge in [-0.25, -0.2) is 4.79 Å². The van der Waals surface area contributed by atoms with Crippen molar-refractivity contribution in [3.05, 3.63) is 12.2 Å². The van der Waals surface area contributed by atoms with Gasteiger partial charge in [0.1, 0.15) is 0 Å². The second kappa shape index (κ2) is 2.33. The second-order valence-corrected chi connectivity index (χ2v) is 4.60. The molecule has 1 amide bonds. The molecule has 14 heavy (non-hydrogen) atoms. The Hall–Kier alpha value is -0.990. The third-order valence-electron chi connectivity index (χ3n) is 4.29. The molecule has 3 rings (SSSR count). The normalized spacial score (nSPS) is 43.1. The molecule has 2 atom stereocenters. The molecule has 3 heteroatoms. The summed E-state index contributed by atoms with van der Waals surface area (Å²) in [5.41, 5.74) is 0.295. The Bertz CT molecular complexity index is 303. The topological polar surface area (TPSA) is 29.3 Å². The first-order chi connectivity index (χ1) is 6.77. The average molecular weight is 193 g/mol. The first kappa shape index (κ1) is 8.33. The number of piperidine rings is 1. The summed E-state index contributed by atoms with van der Waals surface area (Å²) < 4.78 is 4.85. The zero-order valence-corrected chi connectivity index (χ0v) is 8.45. The van der Waals surface area contributed by atoms with Crippen LogP contribution < -0.4 is 0 Å². The van der Waals surface area contributed by atoms with Gasteiger partial charge < -0.3 is 4.74 Å². The molecule has 0 N–H and O–H groups in total. The Kier molecular flexibility index (Phi) is 1.38. The third-order valence-corrected chi connectivity index (χ3v) is 4.29. The minimum absolute atomic E-state index is 0.131. The van der Waals surface area contributed by atoms with Gasteiger partial charge in [0.2, 0.25) is 0 Å². The monoisotopic (exact) mass is 193 g/mol. The predicted octanol–water partition coefficient (Wildman–Crippen LogP) is 2.08. The van der Waals surface area contributed by atoms with Crippen LogP contribution in [0.1, 0.15) is 32.1 Å². The van der Waals surface area contributed by atoms with E-state index in [9.17, 15) is 4.79 Å². The van der Waals surface area contributed by atoms with Crippen LogP contribution in [0.2, 0.25) is 0 Å². The third kappa shape index (κ3) is 0.656. The Morgan fingerprint density at radius 3 is 2.36 bits per heavy atom. The molecule has 3 nitrogen and oxygen atoms in total. The first-order valence-corrected chi connectivity index (χ1v) is 5.30. The van der Waals surface area contributed by atoms with Crippen LogP contribution in [0, 0.1) is 0 Å². The summed E-state index contributed by atoms with van der Waals surface area (Å²) in [6.45, 7) is 0. The molecule has 0 aromatic heterocycles. The average Bonchev–Trinajstić information content (AvgIpc) is 2.60. The highest BCUT2D eigenvalue weighted by Crippen LogP contribution is 2.67. The van der Waals surface area contributed by atoms with Gasteiger partial charge in [-0.15, -0.1) is 0 Å². The Balaban J connectivity index is 1.96. The van der Waals surface area contributed by atoms with E-state index in [0.29, 0.717) is 0 Å². The summed E-state index contributed by atoms with van der Waals surface area (Å²) in [6, 6.07) is 0. The number of amides is 1. The molecule has 3 aliphatic rings. The van der Waals surface area contributed by atoms with E-state index in [4.69, 9.17) is 4.74 Å². The van der Waals surface area contributed by atoms with Crippen molar-refractivity contribution in [2.24, 2.45) is 0 Å². The van der Waals surface area contributed by atoms with Crippen LogP contribution in [-0.2, 0) is 4.74 Å². The number of carbonyl (C=O) groups excluding carboxylic acids is 1. The van der Waals surface area contributed by atoms with Crippen molar-refractivity contribution in [2.45, 2.75) is 43.2 Å². The molecular formula is C11H15NO2. The van der Waals surface area contributed by atoms with Gasteiger partial charge in [0.25, 0.3) is 0 Å². The number of nitrogens with zero attached hydrogens (tertiary/aromatic N) is 1. The molecule has 1 saturated heterocycles. The predicted molar refractivity (Wildman–Crippen MR) is 51.9 cm³/mol. The van der Waals surface area contributed by atoms with Gasteiger partial charge in [-0.05, 0) is 32.1 Å².